The number of rotatable bonds is 4. The minimum Gasteiger partial charge on any atom is -0.338 e. The maximum Gasteiger partial charge on any atom is 0.222 e. The van der Waals surface area contributed by atoms with Gasteiger partial charge in [0.1, 0.15) is 5.82 Å². The van der Waals surface area contributed by atoms with Crippen molar-refractivity contribution < 1.29 is 9.18 Å². The summed E-state index contributed by atoms with van der Waals surface area (Å²) in [5.74, 6) is -0.0328. The second-order valence-electron chi connectivity index (χ2n) is 6.75. The summed E-state index contributed by atoms with van der Waals surface area (Å²) in [6, 6.07) is 7.16. The van der Waals surface area contributed by atoms with Gasteiger partial charge in [-0.25, -0.2) is 4.39 Å². The van der Waals surface area contributed by atoms with Crippen LogP contribution in [0.1, 0.15) is 50.2 Å². The number of benzene rings is 1. The highest BCUT2D eigenvalue weighted by atomic mass is 19.1. The molecular weight excluding hydrogens is 305 g/mol. The van der Waals surface area contributed by atoms with Crippen molar-refractivity contribution in [1.29, 1.82) is 5.26 Å². The van der Waals surface area contributed by atoms with Gasteiger partial charge in [-0.15, -0.1) is 0 Å². The van der Waals surface area contributed by atoms with Crippen molar-refractivity contribution in [2.75, 3.05) is 13.1 Å². The summed E-state index contributed by atoms with van der Waals surface area (Å²) in [7, 11) is 0. The highest BCUT2D eigenvalue weighted by Crippen LogP contribution is 2.31. The Hall–Kier alpha value is -1.93. The molecule has 2 fully saturated rings. The van der Waals surface area contributed by atoms with Crippen LogP contribution in [0.5, 0.6) is 0 Å². The minimum atomic E-state index is -0.257. The maximum atomic E-state index is 14.1. The Kier molecular flexibility index (Phi) is 5.15. The number of hydrogen-bond donors (Lipinski definition) is 0. The minimum absolute atomic E-state index is 0.224. The van der Waals surface area contributed by atoms with Gasteiger partial charge in [0, 0.05) is 37.2 Å². The van der Waals surface area contributed by atoms with Crippen LogP contribution in [0.15, 0.2) is 18.2 Å². The summed E-state index contributed by atoms with van der Waals surface area (Å²) >= 11 is 0. The fourth-order valence-corrected chi connectivity index (χ4v) is 4.17. The van der Waals surface area contributed by atoms with E-state index < -0.39 is 0 Å². The number of nitrogens with zero attached hydrogens (tertiary/aromatic N) is 3. The van der Waals surface area contributed by atoms with E-state index in [4.69, 9.17) is 5.26 Å². The molecule has 2 saturated heterocycles. The molecule has 0 spiro atoms. The Labute approximate surface area is 142 Å². The molecule has 1 amide bonds. The molecule has 0 bridgehead atoms. The lowest BCUT2D eigenvalue weighted by atomic mass is 10.0. The van der Waals surface area contributed by atoms with E-state index in [0.29, 0.717) is 30.1 Å². The maximum absolute atomic E-state index is 14.1. The molecule has 2 aliphatic heterocycles. The zero-order chi connectivity index (χ0) is 17.1. The molecule has 0 radical (unpaired) electrons. The molecule has 5 heteroatoms. The van der Waals surface area contributed by atoms with Gasteiger partial charge in [-0.05, 0) is 50.4 Å². The summed E-state index contributed by atoms with van der Waals surface area (Å²) in [6.07, 6.45) is 4.77. The van der Waals surface area contributed by atoms with Crippen LogP contribution in [-0.4, -0.2) is 40.9 Å². The van der Waals surface area contributed by atoms with Gasteiger partial charge in [-0.3, -0.25) is 9.69 Å². The molecule has 0 saturated carbocycles. The number of carbonyl (C=O) groups is 1. The summed E-state index contributed by atoms with van der Waals surface area (Å²) in [4.78, 5) is 16.5. The number of carbonyl (C=O) groups excluding carboxylic acids is 1. The van der Waals surface area contributed by atoms with Crippen molar-refractivity contribution in [3.63, 3.8) is 0 Å². The summed E-state index contributed by atoms with van der Waals surface area (Å²) in [5, 5.41) is 9.03. The van der Waals surface area contributed by atoms with Crippen molar-refractivity contribution in [1.82, 2.24) is 9.80 Å². The van der Waals surface area contributed by atoms with Crippen LogP contribution in [0, 0.1) is 17.1 Å². The third-order valence-corrected chi connectivity index (χ3v) is 5.33. The first-order chi connectivity index (χ1) is 11.6. The quantitative estimate of drug-likeness (QED) is 0.853. The van der Waals surface area contributed by atoms with Crippen LogP contribution in [0.3, 0.4) is 0 Å². The third-order valence-electron chi connectivity index (χ3n) is 5.33. The second kappa shape index (κ2) is 7.31. The van der Waals surface area contributed by atoms with Gasteiger partial charge in [0.25, 0.3) is 0 Å². The Balaban J connectivity index is 1.76. The molecule has 1 aromatic rings. The smallest absolute Gasteiger partial charge is 0.222 e. The summed E-state index contributed by atoms with van der Waals surface area (Å²) in [6.45, 7) is 4.19. The van der Waals surface area contributed by atoms with Crippen molar-refractivity contribution >= 4 is 5.91 Å². The molecule has 24 heavy (non-hydrogen) atoms. The largest absolute Gasteiger partial charge is 0.338 e. The SMILES string of the molecule is CCC(=O)N1CCC[C@H]1[C@@H]1CCCN1Cc1cc(C#N)ccc1F. The zero-order valence-corrected chi connectivity index (χ0v) is 14.2. The Morgan fingerprint density at radius 1 is 1.29 bits per heavy atom. The molecule has 128 valence electrons. The predicted octanol–water partition coefficient (Wildman–Crippen LogP) is 3.06. The number of likely N-dealkylation sites (tertiary alicyclic amines) is 2. The number of hydrogen-bond acceptors (Lipinski definition) is 3. The second-order valence-corrected chi connectivity index (χ2v) is 6.75. The molecule has 1 aromatic carbocycles. The van der Waals surface area contributed by atoms with Gasteiger partial charge in [-0.1, -0.05) is 6.92 Å². The monoisotopic (exact) mass is 329 g/mol. The van der Waals surface area contributed by atoms with E-state index in [1.807, 2.05) is 11.8 Å². The van der Waals surface area contributed by atoms with Crippen molar-refractivity contribution in [2.45, 2.75) is 57.7 Å². The number of nitriles is 1. The molecule has 2 aliphatic rings. The van der Waals surface area contributed by atoms with E-state index in [1.54, 1.807) is 6.07 Å². The average Bonchev–Trinajstić information content (AvgIpc) is 3.24. The van der Waals surface area contributed by atoms with Crippen LogP contribution in [-0.2, 0) is 11.3 Å². The molecule has 0 unspecified atom stereocenters. The van der Waals surface area contributed by atoms with Gasteiger partial charge in [0.05, 0.1) is 11.6 Å². The molecule has 3 rings (SSSR count). The first kappa shape index (κ1) is 16.9. The number of amides is 1. The molecule has 4 nitrogen and oxygen atoms in total. The Morgan fingerprint density at radius 2 is 2.04 bits per heavy atom. The average molecular weight is 329 g/mol. The van der Waals surface area contributed by atoms with Crippen molar-refractivity contribution in [3.8, 4) is 6.07 Å². The van der Waals surface area contributed by atoms with Gasteiger partial charge >= 0.3 is 0 Å². The highest BCUT2D eigenvalue weighted by molar-refractivity contribution is 5.76. The fraction of sp³-hybridized carbons (Fsp3) is 0.579. The summed E-state index contributed by atoms with van der Waals surface area (Å²) < 4.78 is 14.1. The molecule has 2 atom stereocenters. The highest BCUT2D eigenvalue weighted by Gasteiger charge is 2.39. The fourth-order valence-electron chi connectivity index (χ4n) is 4.17. The van der Waals surface area contributed by atoms with Crippen LogP contribution in [0.2, 0.25) is 0 Å². The lowest BCUT2D eigenvalue weighted by Crippen LogP contribution is -2.47. The molecule has 0 aromatic heterocycles. The summed E-state index contributed by atoms with van der Waals surface area (Å²) in [5.41, 5.74) is 1.07. The van der Waals surface area contributed by atoms with E-state index in [2.05, 4.69) is 11.0 Å². The zero-order valence-electron chi connectivity index (χ0n) is 14.2. The lowest BCUT2D eigenvalue weighted by molar-refractivity contribution is -0.132. The molecule has 0 N–H and O–H groups in total. The van der Waals surface area contributed by atoms with E-state index in [1.165, 1.54) is 12.1 Å². The van der Waals surface area contributed by atoms with Gasteiger partial charge in [-0.2, -0.15) is 5.26 Å². The number of halogens is 1. The molecule has 0 aliphatic carbocycles. The Morgan fingerprint density at radius 3 is 2.79 bits per heavy atom. The predicted molar refractivity (Wildman–Crippen MR) is 89.6 cm³/mol. The van der Waals surface area contributed by atoms with E-state index in [-0.39, 0.29) is 17.8 Å². The standard InChI is InChI=1S/C19H24FN3O/c1-2-19(24)23-10-4-6-18(23)17-5-3-9-22(17)13-15-11-14(12-21)7-8-16(15)20/h7-8,11,17-18H,2-6,9-10,13H2,1H3/t17-,18-/m0/s1. The normalized spacial score (nSPS) is 24.3. The van der Waals surface area contributed by atoms with Crippen molar-refractivity contribution in [3.05, 3.63) is 35.1 Å². The Bertz CT molecular complexity index is 655. The molecular formula is C19H24FN3O. The van der Waals surface area contributed by atoms with Crippen LogP contribution in [0.4, 0.5) is 4.39 Å². The van der Waals surface area contributed by atoms with Gasteiger partial charge in [0.2, 0.25) is 5.91 Å². The molecule has 2 heterocycles. The first-order valence-electron chi connectivity index (χ1n) is 8.86. The van der Waals surface area contributed by atoms with Crippen LogP contribution < -0.4 is 0 Å². The van der Waals surface area contributed by atoms with Gasteiger partial charge < -0.3 is 4.90 Å². The van der Waals surface area contributed by atoms with Crippen LogP contribution >= 0.6 is 0 Å². The lowest BCUT2D eigenvalue weighted by Gasteiger charge is -2.35. The van der Waals surface area contributed by atoms with Crippen molar-refractivity contribution in [2.24, 2.45) is 0 Å². The van der Waals surface area contributed by atoms with E-state index in [0.717, 1.165) is 38.8 Å². The van der Waals surface area contributed by atoms with E-state index >= 15 is 0 Å². The topological polar surface area (TPSA) is 47.3 Å². The van der Waals surface area contributed by atoms with Crippen LogP contribution in [0.25, 0.3) is 0 Å². The third kappa shape index (κ3) is 3.29. The first-order valence-corrected chi connectivity index (χ1v) is 8.86. The van der Waals surface area contributed by atoms with E-state index in [9.17, 15) is 9.18 Å². The van der Waals surface area contributed by atoms with Gasteiger partial charge in [0.15, 0.2) is 0 Å².